The summed E-state index contributed by atoms with van der Waals surface area (Å²) in [5.41, 5.74) is 4.85. The van der Waals surface area contributed by atoms with Gasteiger partial charge in [-0.3, -0.25) is 10.1 Å². The maximum absolute atomic E-state index is 11.9. The minimum absolute atomic E-state index is 0.313. The number of H-pyrrole nitrogens is 1. The van der Waals surface area contributed by atoms with Crippen LogP contribution < -0.4 is 0 Å². The fourth-order valence-electron chi connectivity index (χ4n) is 3.28. The Kier molecular flexibility index (Phi) is 4.41. The second-order valence-electron chi connectivity index (χ2n) is 6.71. The van der Waals surface area contributed by atoms with E-state index >= 15 is 0 Å². The van der Waals surface area contributed by atoms with Gasteiger partial charge in [0, 0.05) is 29.6 Å². The van der Waals surface area contributed by atoms with Gasteiger partial charge in [-0.15, -0.1) is 11.3 Å². The number of nitrogens with zero attached hydrogens (tertiary/aromatic N) is 4. The molecular formula is C21H15N5O2S2. The molecule has 5 aromatic rings. The Hall–Kier alpha value is -3.43. The second-order valence-corrected chi connectivity index (χ2v) is 10.0. The molecule has 1 N–H and O–H groups in total. The number of nitrogens with one attached hydrogen (secondary N) is 1. The highest BCUT2D eigenvalue weighted by atomic mass is 32.2. The molecule has 0 bridgehead atoms. The molecule has 30 heavy (non-hydrogen) atoms. The number of benzene rings is 1. The first-order valence-corrected chi connectivity index (χ1v) is 11.7. The van der Waals surface area contributed by atoms with E-state index in [-0.39, 0.29) is 0 Å². The third-order valence-electron chi connectivity index (χ3n) is 4.67. The van der Waals surface area contributed by atoms with Gasteiger partial charge in [0.15, 0.2) is 9.84 Å². The SMILES string of the molecule is CS(=O)(=O)c1ccc(-c2ncnc3ccc(-c4c[nH]nc4-c4ccccn4)cc23)s1. The van der Waals surface area contributed by atoms with Gasteiger partial charge in [0.2, 0.25) is 0 Å². The smallest absolute Gasteiger partial charge is 0.184 e. The molecule has 1 aromatic carbocycles. The van der Waals surface area contributed by atoms with E-state index in [1.54, 1.807) is 18.3 Å². The Morgan fingerprint density at radius 2 is 1.87 bits per heavy atom. The number of aromatic amines is 1. The molecule has 0 atom stereocenters. The molecule has 0 saturated heterocycles. The summed E-state index contributed by atoms with van der Waals surface area (Å²) in [6, 6.07) is 15.0. The minimum Gasteiger partial charge on any atom is -0.284 e. The van der Waals surface area contributed by atoms with Gasteiger partial charge in [-0.05, 0) is 42.0 Å². The highest BCUT2D eigenvalue weighted by molar-refractivity contribution is 7.92. The third kappa shape index (κ3) is 3.27. The van der Waals surface area contributed by atoms with Gasteiger partial charge in [-0.2, -0.15) is 5.10 Å². The van der Waals surface area contributed by atoms with E-state index in [0.29, 0.717) is 9.90 Å². The lowest BCUT2D eigenvalue weighted by molar-refractivity contribution is 0.604. The van der Waals surface area contributed by atoms with Crippen molar-refractivity contribution >= 4 is 32.1 Å². The molecule has 5 rings (SSSR count). The van der Waals surface area contributed by atoms with Crippen molar-refractivity contribution in [2.24, 2.45) is 0 Å². The minimum atomic E-state index is -3.27. The molecule has 4 aromatic heterocycles. The number of fused-ring (bicyclic) bond motifs is 1. The van der Waals surface area contributed by atoms with Crippen molar-refractivity contribution in [3.63, 3.8) is 0 Å². The van der Waals surface area contributed by atoms with Crippen molar-refractivity contribution in [1.29, 1.82) is 0 Å². The van der Waals surface area contributed by atoms with E-state index in [0.717, 1.165) is 38.3 Å². The molecule has 0 saturated carbocycles. The summed E-state index contributed by atoms with van der Waals surface area (Å²) in [7, 11) is -3.27. The summed E-state index contributed by atoms with van der Waals surface area (Å²) in [5.74, 6) is 0. The Labute approximate surface area is 176 Å². The van der Waals surface area contributed by atoms with Gasteiger partial charge < -0.3 is 0 Å². The fourth-order valence-corrected chi connectivity index (χ4v) is 5.21. The Bertz CT molecular complexity index is 1470. The lowest BCUT2D eigenvalue weighted by Gasteiger charge is -2.07. The molecule has 0 fully saturated rings. The van der Waals surface area contributed by atoms with Crippen LogP contribution in [0.4, 0.5) is 0 Å². The predicted molar refractivity (Wildman–Crippen MR) is 117 cm³/mol. The Morgan fingerprint density at radius 3 is 2.63 bits per heavy atom. The molecule has 0 amide bonds. The summed E-state index contributed by atoms with van der Waals surface area (Å²) < 4.78 is 24.1. The molecule has 0 spiro atoms. The second kappa shape index (κ2) is 7.12. The zero-order valence-electron chi connectivity index (χ0n) is 15.8. The standard InChI is InChI=1S/C21H15N5O2S2/c1-30(27,28)19-8-7-18(29-19)21-14-10-13(5-6-16(14)23-12-24-21)15-11-25-26-20(15)17-4-2-3-9-22-17/h2-12H,1H3,(H,25,26). The largest absolute Gasteiger partial charge is 0.284 e. The van der Waals surface area contributed by atoms with Crippen molar-refractivity contribution in [3.05, 3.63) is 67.3 Å². The maximum Gasteiger partial charge on any atom is 0.184 e. The number of hydrogen-bond acceptors (Lipinski definition) is 7. The summed E-state index contributed by atoms with van der Waals surface area (Å²) in [6.07, 6.45) is 6.27. The van der Waals surface area contributed by atoms with Crippen molar-refractivity contribution < 1.29 is 8.42 Å². The van der Waals surface area contributed by atoms with Crippen LogP contribution >= 0.6 is 11.3 Å². The average Bonchev–Trinajstić information content (AvgIpc) is 3.43. The summed E-state index contributed by atoms with van der Waals surface area (Å²) in [4.78, 5) is 14.0. The molecule has 4 heterocycles. The lowest BCUT2D eigenvalue weighted by Crippen LogP contribution is -1.92. The van der Waals surface area contributed by atoms with Gasteiger partial charge in [0.25, 0.3) is 0 Å². The van der Waals surface area contributed by atoms with Crippen LogP contribution in [-0.4, -0.2) is 39.8 Å². The van der Waals surface area contributed by atoms with Crippen LogP contribution in [-0.2, 0) is 9.84 Å². The van der Waals surface area contributed by atoms with Gasteiger partial charge >= 0.3 is 0 Å². The number of pyridine rings is 1. The van der Waals surface area contributed by atoms with E-state index in [1.807, 2.05) is 42.6 Å². The normalized spacial score (nSPS) is 11.8. The summed E-state index contributed by atoms with van der Waals surface area (Å²) in [6.45, 7) is 0. The average molecular weight is 434 g/mol. The van der Waals surface area contributed by atoms with Gasteiger partial charge in [0.05, 0.1) is 21.8 Å². The predicted octanol–water partition coefficient (Wildman–Crippen LogP) is 4.21. The molecule has 0 aliphatic heterocycles. The first-order valence-electron chi connectivity index (χ1n) is 9.01. The van der Waals surface area contributed by atoms with Gasteiger partial charge in [-0.25, -0.2) is 18.4 Å². The zero-order chi connectivity index (χ0) is 20.7. The molecule has 0 aliphatic rings. The van der Waals surface area contributed by atoms with E-state index in [4.69, 9.17) is 0 Å². The quantitative estimate of drug-likeness (QED) is 0.455. The molecular weight excluding hydrogens is 418 g/mol. The van der Waals surface area contributed by atoms with Crippen molar-refractivity contribution in [3.8, 4) is 33.1 Å². The van der Waals surface area contributed by atoms with E-state index in [1.165, 1.54) is 23.9 Å². The summed E-state index contributed by atoms with van der Waals surface area (Å²) >= 11 is 1.20. The van der Waals surface area contributed by atoms with Crippen LogP contribution in [0.3, 0.4) is 0 Å². The number of hydrogen-bond donors (Lipinski definition) is 1. The van der Waals surface area contributed by atoms with Crippen LogP contribution in [0.1, 0.15) is 0 Å². The molecule has 0 unspecified atom stereocenters. The van der Waals surface area contributed by atoms with Crippen LogP contribution in [0.5, 0.6) is 0 Å². The van der Waals surface area contributed by atoms with Gasteiger partial charge in [-0.1, -0.05) is 12.1 Å². The molecule has 148 valence electrons. The number of aromatic nitrogens is 5. The molecule has 9 heteroatoms. The maximum atomic E-state index is 11.9. The van der Waals surface area contributed by atoms with E-state index in [9.17, 15) is 8.42 Å². The van der Waals surface area contributed by atoms with Crippen molar-refractivity contribution in [2.75, 3.05) is 6.26 Å². The molecule has 0 aliphatic carbocycles. The molecule has 7 nitrogen and oxygen atoms in total. The highest BCUT2D eigenvalue weighted by Gasteiger charge is 2.16. The first kappa shape index (κ1) is 18.6. The monoisotopic (exact) mass is 433 g/mol. The van der Waals surface area contributed by atoms with E-state index < -0.39 is 9.84 Å². The lowest BCUT2D eigenvalue weighted by atomic mass is 10.0. The fraction of sp³-hybridized carbons (Fsp3) is 0.0476. The Morgan fingerprint density at radius 1 is 0.967 bits per heavy atom. The Balaban J connectivity index is 1.67. The van der Waals surface area contributed by atoms with E-state index in [2.05, 4.69) is 25.1 Å². The first-order chi connectivity index (χ1) is 14.5. The highest BCUT2D eigenvalue weighted by Crippen LogP contribution is 2.36. The van der Waals surface area contributed by atoms with Crippen molar-refractivity contribution in [2.45, 2.75) is 4.21 Å². The third-order valence-corrected chi connectivity index (χ3v) is 7.59. The topological polar surface area (TPSA) is 101 Å². The number of thiophene rings is 1. The van der Waals surface area contributed by atoms with Crippen molar-refractivity contribution in [1.82, 2.24) is 25.1 Å². The summed E-state index contributed by atoms with van der Waals surface area (Å²) in [5, 5.41) is 8.13. The number of rotatable bonds is 4. The van der Waals surface area contributed by atoms with Gasteiger partial charge in [0.1, 0.15) is 16.2 Å². The van der Waals surface area contributed by atoms with Crippen LogP contribution in [0.25, 0.3) is 44.0 Å². The zero-order valence-corrected chi connectivity index (χ0v) is 17.4. The van der Waals surface area contributed by atoms with Crippen LogP contribution in [0.15, 0.2) is 71.5 Å². The molecule has 0 radical (unpaired) electrons. The number of sulfone groups is 1. The van der Waals surface area contributed by atoms with Crippen LogP contribution in [0, 0.1) is 0 Å². The van der Waals surface area contributed by atoms with Crippen LogP contribution in [0.2, 0.25) is 0 Å².